The van der Waals surface area contributed by atoms with E-state index >= 15 is 0 Å². The third kappa shape index (κ3) is 3.69. The van der Waals surface area contributed by atoms with E-state index in [0.29, 0.717) is 11.6 Å². The van der Waals surface area contributed by atoms with Crippen molar-refractivity contribution in [3.63, 3.8) is 0 Å². The molecule has 28 heavy (non-hydrogen) atoms. The molecule has 3 heterocycles. The summed E-state index contributed by atoms with van der Waals surface area (Å²) in [6, 6.07) is 5.93. The van der Waals surface area contributed by atoms with Crippen molar-refractivity contribution in [3.05, 3.63) is 35.3 Å². The van der Waals surface area contributed by atoms with Crippen LogP contribution in [0.25, 0.3) is 10.9 Å². The molecule has 0 radical (unpaired) electrons. The van der Waals surface area contributed by atoms with Crippen molar-refractivity contribution >= 4 is 16.6 Å². The highest BCUT2D eigenvalue weighted by Gasteiger charge is 2.26. The summed E-state index contributed by atoms with van der Waals surface area (Å²) in [5.74, 6) is -0.276. The Labute approximate surface area is 166 Å². The molecule has 2 saturated heterocycles. The molecule has 2 aliphatic heterocycles. The monoisotopic (exact) mass is 381 g/mol. The van der Waals surface area contributed by atoms with E-state index in [9.17, 15) is 9.65 Å². The van der Waals surface area contributed by atoms with Crippen molar-refractivity contribution in [2.75, 3.05) is 51.2 Å². The summed E-state index contributed by atoms with van der Waals surface area (Å²) in [6.07, 6.45) is 5.55. The van der Waals surface area contributed by atoms with Crippen LogP contribution in [0.3, 0.4) is 0 Å². The predicted molar refractivity (Wildman–Crippen MR) is 110 cm³/mol. The molecule has 0 spiro atoms. The van der Waals surface area contributed by atoms with Crippen molar-refractivity contribution in [1.29, 1.82) is 5.26 Å². The van der Waals surface area contributed by atoms with Gasteiger partial charge >= 0.3 is 0 Å². The van der Waals surface area contributed by atoms with Crippen molar-refractivity contribution in [2.24, 2.45) is 0 Å². The number of piperidine rings is 1. The fourth-order valence-electron chi connectivity index (χ4n) is 4.67. The molecule has 1 unspecified atom stereocenters. The number of halogens is 1. The van der Waals surface area contributed by atoms with E-state index in [2.05, 4.69) is 32.8 Å². The van der Waals surface area contributed by atoms with E-state index in [1.54, 1.807) is 6.20 Å². The third-order valence-corrected chi connectivity index (χ3v) is 6.30. The zero-order valence-electron chi connectivity index (χ0n) is 16.8. The number of benzene rings is 1. The lowest BCUT2D eigenvalue weighted by atomic mass is 10.0. The Morgan fingerprint density at radius 1 is 1.18 bits per heavy atom. The first kappa shape index (κ1) is 19.1. The number of pyridine rings is 1. The number of likely N-dealkylation sites (N-methyl/N-ethyl adjacent to an activating group) is 1. The highest BCUT2D eigenvalue weighted by atomic mass is 19.1. The minimum atomic E-state index is -0.276. The van der Waals surface area contributed by atoms with Crippen LogP contribution in [0.2, 0.25) is 0 Å². The smallest absolute Gasteiger partial charge is 0.124 e. The average molecular weight is 381 g/mol. The Hall–Kier alpha value is -2.23. The van der Waals surface area contributed by atoms with Crippen LogP contribution in [0.1, 0.15) is 30.4 Å². The highest BCUT2D eigenvalue weighted by Crippen LogP contribution is 2.32. The van der Waals surface area contributed by atoms with Gasteiger partial charge in [0.1, 0.15) is 11.9 Å². The number of aromatic nitrogens is 1. The lowest BCUT2D eigenvalue weighted by molar-refractivity contribution is 0.125. The Balaban J connectivity index is 1.54. The Bertz CT molecular complexity index is 898. The molecule has 0 aliphatic carbocycles. The molecule has 1 aromatic carbocycles. The summed E-state index contributed by atoms with van der Waals surface area (Å²) in [5, 5.41) is 10.4. The Kier molecular flexibility index (Phi) is 5.47. The maximum absolute atomic E-state index is 14.1. The second-order valence-electron chi connectivity index (χ2n) is 8.17. The van der Waals surface area contributed by atoms with Gasteiger partial charge in [0.15, 0.2) is 0 Å². The minimum Gasteiger partial charge on any atom is -0.367 e. The van der Waals surface area contributed by atoms with Crippen LogP contribution >= 0.6 is 0 Å². The Morgan fingerprint density at radius 3 is 2.68 bits per heavy atom. The number of rotatable bonds is 3. The van der Waals surface area contributed by atoms with E-state index < -0.39 is 0 Å². The second-order valence-corrected chi connectivity index (χ2v) is 8.17. The molecular weight excluding hydrogens is 353 g/mol. The molecule has 0 bridgehead atoms. The van der Waals surface area contributed by atoms with Gasteiger partial charge in [0.05, 0.1) is 16.8 Å². The molecule has 2 aromatic rings. The van der Waals surface area contributed by atoms with E-state index in [1.165, 1.54) is 37.9 Å². The predicted octanol–water partition coefficient (Wildman–Crippen LogP) is 3.16. The number of nitrogens with zero attached hydrogens (tertiary/aromatic N) is 5. The fourth-order valence-corrected chi connectivity index (χ4v) is 4.67. The number of aryl methyl sites for hydroxylation is 1. The first-order chi connectivity index (χ1) is 13.6. The van der Waals surface area contributed by atoms with E-state index in [4.69, 9.17) is 0 Å². The van der Waals surface area contributed by atoms with Crippen LogP contribution < -0.4 is 4.90 Å². The summed E-state index contributed by atoms with van der Waals surface area (Å²) in [5.41, 5.74) is 2.95. The zero-order chi connectivity index (χ0) is 19.7. The lowest BCUT2D eigenvalue weighted by Gasteiger charge is -2.41. The highest BCUT2D eigenvalue weighted by molar-refractivity contribution is 5.96. The maximum atomic E-state index is 14.1. The number of hydrogen-bond acceptors (Lipinski definition) is 5. The molecule has 0 N–H and O–H groups in total. The van der Waals surface area contributed by atoms with E-state index in [1.807, 2.05) is 6.92 Å². The van der Waals surface area contributed by atoms with Gasteiger partial charge in [0.25, 0.3) is 0 Å². The molecular formula is C22H28FN5. The molecule has 6 heteroatoms. The molecule has 148 valence electrons. The molecule has 1 atom stereocenters. The summed E-state index contributed by atoms with van der Waals surface area (Å²) in [4.78, 5) is 11.7. The van der Waals surface area contributed by atoms with Gasteiger partial charge in [-0.25, -0.2) is 4.39 Å². The number of fused-ring (bicyclic) bond motifs is 1. The first-order valence-corrected chi connectivity index (χ1v) is 10.2. The third-order valence-electron chi connectivity index (χ3n) is 6.30. The minimum absolute atomic E-state index is 0.276. The van der Waals surface area contributed by atoms with Crippen LogP contribution in [0, 0.1) is 24.1 Å². The topological polar surface area (TPSA) is 46.4 Å². The molecule has 1 aromatic heterocycles. The largest absolute Gasteiger partial charge is 0.367 e. The maximum Gasteiger partial charge on any atom is 0.124 e. The van der Waals surface area contributed by atoms with Crippen LogP contribution in [0.5, 0.6) is 0 Å². The SMILES string of the molecule is Cc1cc(F)cc2c(N3CCN(CC4CCCCN4C)CC3)c(C#N)cnc12. The van der Waals surface area contributed by atoms with Crippen LogP contribution in [-0.2, 0) is 0 Å². The van der Waals surface area contributed by atoms with Crippen molar-refractivity contribution in [3.8, 4) is 6.07 Å². The van der Waals surface area contributed by atoms with Crippen molar-refractivity contribution in [1.82, 2.24) is 14.8 Å². The number of anilines is 1. The van der Waals surface area contributed by atoms with Gasteiger partial charge in [-0.3, -0.25) is 9.88 Å². The summed E-state index contributed by atoms with van der Waals surface area (Å²) in [7, 11) is 2.24. The fraction of sp³-hybridized carbons (Fsp3) is 0.545. The van der Waals surface area contributed by atoms with Gasteiger partial charge in [0.2, 0.25) is 0 Å². The summed E-state index contributed by atoms with van der Waals surface area (Å²) < 4.78 is 14.1. The summed E-state index contributed by atoms with van der Waals surface area (Å²) in [6.45, 7) is 7.80. The normalized spacial score (nSPS) is 21.8. The summed E-state index contributed by atoms with van der Waals surface area (Å²) >= 11 is 0. The van der Waals surface area contributed by atoms with Crippen LogP contribution in [0.15, 0.2) is 18.3 Å². The van der Waals surface area contributed by atoms with Gasteiger partial charge in [-0.15, -0.1) is 0 Å². The zero-order valence-corrected chi connectivity index (χ0v) is 16.8. The standard InChI is InChI=1S/C22H28FN5/c1-16-11-18(23)12-20-21(16)25-14-17(13-24)22(20)28-9-7-27(8-10-28)15-19-5-3-4-6-26(19)2/h11-12,14,19H,3-10,15H2,1-2H3. The second kappa shape index (κ2) is 8.02. The number of piperazine rings is 1. The average Bonchev–Trinajstić information content (AvgIpc) is 2.69. The van der Waals surface area contributed by atoms with E-state index in [-0.39, 0.29) is 5.82 Å². The van der Waals surface area contributed by atoms with Gasteiger partial charge in [-0.05, 0) is 51.1 Å². The first-order valence-electron chi connectivity index (χ1n) is 10.2. The number of hydrogen-bond donors (Lipinski definition) is 0. The van der Waals surface area contributed by atoms with Crippen molar-refractivity contribution < 1.29 is 4.39 Å². The molecule has 2 fully saturated rings. The van der Waals surface area contributed by atoms with Crippen molar-refractivity contribution in [2.45, 2.75) is 32.2 Å². The van der Waals surface area contributed by atoms with Crippen LogP contribution in [0.4, 0.5) is 10.1 Å². The molecule has 0 saturated carbocycles. The molecule has 4 rings (SSSR count). The molecule has 2 aliphatic rings. The molecule has 5 nitrogen and oxygen atoms in total. The lowest BCUT2D eigenvalue weighted by Crippen LogP contribution is -2.52. The van der Waals surface area contributed by atoms with Gasteiger partial charge in [0, 0.05) is 50.3 Å². The van der Waals surface area contributed by atoms with Gasteiger partial charge in [-0.1, -0.05) is 6.42 Å². The van der Waals surface area contributed by atoms with Gasteiger partial charge in [-0.2, -0.15) is 5.26 Å². The number of likely N-dealkylation sites (tertiary alicyclic amines) is 1. The molecule has 0 amide bonds. The quantitative estimate of drug-likeness (QED) is 0.817. The Morgan fingerprint density at radius 2 is 1.96 bits per heavy atom. The van der Waals surface area contributed by atoms with Gasteiger partial charge < -0.3 is 9.80 Å². The van der Waals surface area contributed by atoms with Crippen LogP contribution in [-0.4, -0.2) is 67.1 Å². The number of nitriles is 1. The van der Waals surface area contributed by atoms with E-state index in [0.717, 1.165) is 54.9 Å².